The Bertz CT molecular complexity index is 1720. The molecule has 2 amide bonds. The fourth-order valence-corrected chi connectivity index (χ4v) is 5.71. The molecule has 2 aromatic carbocycles. The van der Waals surface area contributed by atoms with Gasteiger partial charge < -0.3 is 29.6 Å². The minimum atomic E-state index is -4.79. The van der Waals surface area contributed by atoms with Gasteiger partial charge >= 0.3 is 12.3 Å². The Balaban J connectivity index is 1.18. The van der Waals surface area contributed by atoms with Crippen LogP contribution < -0.4 is 15.4 Å². The van der Waals surface area contributed by atoms with Crippen LogP contribution in [-0.2, 0) is 21.4 Å². The number of aryl methyl sites for hydroxylation is 1. The minimum Gasteiger partial charge on any atom is -0.460 e. The number of nitrogens with zero attached hydrogens (tertiary/aromatic N) is 4. The number of fused-ring (bicyclic) bond motifs is 2. The summed E-state index contributed by atoms with van der Waals surface area (Å²) in [4.78, 5) is 48.5. The van der Waals surface area contributed by atoms with E-state index in [0.29, 0.717) is 58.3 Å². The average Bonchev–Trinajstić information content (AvgIpc) is 3.48. The summed E-state index contributed by atoms with van der Waals surface area (Å²) < 4.78 is 49.4. The van der Waals surface area contributed by atoms with Crippen molar-refractivity contribution in [1.82, 2.24) is 24.8 Å². The molecule has 1 aliphatic rings. The van der Waals surface area contributed by atoms with Gasteiger partial charge in [0.05, 0.1) is 33.7 Å². The molecule has 0 spiro atoms. The first-order valence-electron chi connectivity index (χ1n) is 13.8. The first-order valence-corrected chi connectivity index (χ1v) is 14.7. The van der Waals surface area contributed by atoms with Crippen LogP contribution in [-0.4, -0.2) is 68.8 Å². The number of hydrogen-bond acceptors (Lipinski definition) is 9. The lowest BCUT2D eigenvalue weighted by atomic mass is 9.96. The van der Waals surface area contributed by atoms with Crippen LogP contribution in [0.15, 0.2) is 36.4 Å². The summed E-state index contributed by atoms with van der Waals surface area (Å²) in [6, 6.07) is 8.86. The Hall–Kier alpha value is -4.40. The van der Waals surface area contributed by atoms with Crippen molar-refractivity contribution in [2.75, 3.05) is 25.0 Å². The summed E-state index contributed by atoms with van der Waals surface area (Å²) in [7, 11) is 1.77. The molecule has 5 rings (SSSR count). The molecule has 3 heterocycles. The van der Waals surface area contributed by atoms with Gasteiger partial charge in [-0.15, -0.1) is 13.2 Å². The zero-order valence-electron chi connectivity index (χ0n) is 24.4. The van der Waals surface area contributed by atoms with Crippen molar-refractivity contribution >= 4 is 61.5 Å². The third-order valence-electron chi connectivity index (χ3n) is 6.94. The maximum Gasteiger partial charge on any atom is 0.573 e. The van der Waals surface area contributed by atoms with Gasteiger partial charge in [0.15, 0.2) is 5.13 Å². The van der Waals surface area contributed by atoms with Gasteiger partial charge in [-0.1, -0.05) is 11.3 Å². The van der Waals surface area contributed by atoms with E-state index in [9.17, 15) is 27.6 Å². The van der Waals surface area contributed by atoms with E-state index < -0.39 is 17.9 Å². The number of amides is 2. The molecule has 1 aliphatic heterocycles. The Kier molecular flexibility index (Phi) is 8.42. The number of anilines is 2. The molecule has 15 heteroatoms. The van der Waals surface area contributed by atoms with Crippen molar-refractivity contribution in [3.8, 4) is 5.75 Å². The van der Waals surface area contributed by atoms with E-state index in [1.165, 1.54) is 18.2 Å². The van der Waals surface area contributed by atoms with Gasteiger partial charge in [-0.2, -0.15) is 0 Å². The average molecular weight is 633 g/mol. The molecule has 1 saturated heterocycles. The minimum absolute atomic E-state index is 0.184. The largest absolute Gasteiger partial charge is 0.573 e. The van der Waals surface area contributed by atoms with E-state index in [2.05, 4.69) is 25.3 Å². The second kappa shape index (κ2) is 11.9. The van der Waals surface area contributed by atoms with E-state index in [4.69, 9.17) is 4.74 Å². The third-order valence-corrected chi connectivity index (χ3v) is 7.88. The Morgan fingerprint density at radius 2 is 1.75 bits per heavy atom. The highest BCUT2D eigenvalue weighted by Crippen LogP contribution is 2.33. The lowest BCUT2D eigenvalue weighted by molar-refractivity contribution is -0.274. The first-order chi connectivity index (χ1) is 20.6. The number of benzene rings is 2. The number of hydrogen-bond donors (Lipinski definition) is 2. The van der Waals surface area contributed by atoms with Gasteiger partial charge in [-0.25, -0.2) is 9.97 Å². The van der Waals surface area contributed by atoms with E-state index in [1.54, 1.807) is 34.7 Å². The molecule has 0 aliphatic carbocycles. The van der Waals surface area contributed by atoms with Crippen LogP contribution in [0.25, 0.3) is 21.3 Å². The molecular weight excluding hydrogens is 601 g/mol. The zero-order valence-corrected chi connectivity index (χ0v) is 25.3. The molecule has 11 nitrogen and oxygen atoms in total. The topological polar surface area (TPSA) is 128 Å². The maximum absolute atomic E-state index is 12.9. The van der Waals surface area contributed by atoms with Crippen LogP contribution in [0.5, 0.6) is 5.75 Å². The second-order valence-corrected chi connectivity index (χ2v) is 12.4. The van der Waals surface area contributed by atoms with Crippen LogP contribution in [0.4, 0.5) is 24.3 Å². The summed E-state index contributed by atoms with van der Waals surface area (Å²) >= 11 is 1.14. The molecule has 44 heavy (non-hydrogen) atoms. The number of rotatable bonds is 7. The number of likely N-dealkylation sites (tertiary alicyclic amines) is 1. The summed E-state index contributed by atoms with van der Waals surface area (Å²) in [5.41, 5.74) is 1.48. The highest BCUT2D eigenvalue weighted by Gasteiger charge is 2.32. The highest BCUT2D eigenvalue weighted by atomic mass is 32.1. The summed E-state index contributed by atoms with van der Waals surface area (Å²) in [6.07, 6.45) is -3.78. The van der Waals surface area contributed by atoms with E-state index >= 15 is 0 Å². The number of imidazole rings is 1. The predicted molar refractivity (Wildman–Crippen MR) is 158 cm³/mol. The second-order valence-electron chi connectivity index (χ2n) is 11.4. The normalized spacial score (nSPS) is 14.6. The number of carbonyl (C=O) groups excluding carboxylic acids is 3. The van der Waals surface area contributed by atoms with Gasteiger partial charge in [0, 0.05) is 31.8 Å². The van der Waals surface area contributed by atoms with Crippen LogP contribution in [0.3, 0.4) is 0 Å². The summed E-state index contributed by atoms with van der Waals surface area (Å²) in [5, 5.41) is 6.15. The molecule has 2 N–H and O–H groups in total. The van der Waals surface area contributed by atoms with E-state index in [1.807, 2.05) is 20.8 Å². The fraction of sp³-hybridized carbons (Fsp3) is 0.414. The van der Waals surface area contributed by atoms with Crippen molar-refractivity contribution in [3.05, 3.63) is 42.0 Å². The number of alkyl halides is 3. The molecular formula is C29H31F3N6O5S. The molecule has 0 radical (unpaired) electrons. The zero-order chi connectivity index (χ0) is 31.8. The number of thiazole rings is 1. The predicted octanol–water partition coefficient (Wildman–Crippen LogP) is 5.14. The molecule has 1 fully saturated rings. The number of esters is 1. The van der Waals surface area contributed by atoms with Crippen molar-refractivity contribution < 1.29 is 37.0 Å². The van der Waals surface area contributed by atoms with Gasteiger partial charge in [0.2, 0.25) is 11.9 Å². The standard InChI is InChI=1S/C29H31F3N6O5S/c1-28(2,3)43-25(41)16-9-11-38(12-10-16)23(39)15-33-24(40)17-5-8-21-20(13-17)34-26(37(21)4)36-27-35-19-7-6-18(14-22(19)44-27)42-29(30,31)32/h5-8,13-14,16H,9-12,15H2,1-4H3,(H,33,40)(H,34,35,36). The highest BCUT2D eigenvalue weighted by molar-refractivity contribution is 7.22. The van der Waals surface area contributed by atoms with Gasteiger partial charge in [0.25, 0.3) is 5.91 Å². The molecule has 0 saturated carbocycles. The van der Waals surface area contributed by atoms with Crippen LogP contribution in [0.1, 0.15) is 44.0 Å². The van der Waals surface area contributed by atoms with Gasteiger partial charge in [0.1, 0.15) is 11.4 Å². The lowest BCUT2D eigenvalue weighted by Crippen LogP contribution is -2.45. The summed E-state index contributed by atoms with van der Waals surface area (Å²) in [5.74, 6) is -1.11. The lowest BCUT2D eigenvalue weighted by Gasteiger charge is -2.32. The number of aromatic nitrogens is 3. The SMILES string of the molecule is Cn1c(Nc2nc3ccc(OC(F)(F)F)cc3s2)nc2cc(C(=O)NCC(=O)N3CCC(C(=O)OC(C)(C)C)CC3)ccc21. The van der Waals surface area contributed by atoms with Crippen molar-refractivity contribution in [2.24, 2.45) is 13.0 Å². The quantitative estimate of drug-likeness (QED) is 0.269. The molecule has 0 bridgehead atoms. The van der Waals surface area contributed by atoms with E-state index in [0.717, 1.165) is 16.9 Å². The molecule has 234 valence electrons. The number of ether oxygens (including phenoxy) is 2. The fourth-order valence-electron chi connectivity index (χ4n) is 4.82. The third kappa shape index (κ3) is 7.38. The number of nitrogens with one attached hydrogen (secondary N) is 2. The summed E-state index contributed by atoms with van der Waals surface area (Å²) in [6.45, 7) is 6.09. The molecule has 0 unspecified atom stereocenters. The smallest absolute Gasteiger partial charge is 0.460 e. The number of carbonyl (C=O) groups is 3. The Morgan fingerprint density at radius 1 is 1.02 bits per heavy atom. The molecule has 4 aromatic rings. The Labute approximate surface area is 254 Å². The molecule has 2 aromatic heterocycles. The monoisotopic (exact) mass is 632 g/mol. The van der Waals surface area contributed by atoms with Crippen LogP contribution >= 0.6 is 11.3 Å². The van der Waals surface area contributed by atoms with Crippen molar-refractivity contribution in [1.29, 1.82) is 0 Å². The van der Waals surface area contributed by atoms with Crippen LogP contribution in [0.2, 0.25) is 0 Å². The first kappa shape index (κ1) is 31.0. The van der Waals surface area contributed by atoms with Crippen molar-refractivity contribution in [3.63, 3.8) is 0 Å². The van der Waals surface area contributed by atoms with Gasteiger partial charge in [-0.3, -0.25) is 14.4 Å². The van der Waals surface area contributed by atoms with Gasteiger partial charge in [-0.05, 0) is 63.9 Å². The maximum atomic E-state index is 12.9. The number of piperidine rings is 1. The molecule has 0 atom stereocenters. The Morgan fingerprint density at radius 3 is 2.43 bits per heavy atom. The van der Waals surface area contributed by atoms with Crippen molar-refractivity contribution in [2.45, 2.75) is 45.6 Å². The van der Waals surface area contributed by atoms with Crippen LogP contribution in [0, 0.1) is 5.92 Å². The number of halogens is 3. The van der Waals surface area contributed by atoms with E-state index in [-0.39, 0.29) is 30.1 Å².